The number of thiazole rings is 1. The molecule has 0 N–H and O–H groups in total. The summed E-state index contributed by atoms with van der Waals surface area (Å²) in [5, 5.41) is 0.457. The molecule has 5 nitrogen and oxygen atoms in total. The van der Waals surface area contributed by atoms with Crippen LogP contribution in [0.1, 0.15) is 28.2 Å². The maximum Gasteiger partial charge on any atom is 0.410 e. The molecule has 0 unspecified atom stereocenters. The van der Waals surface area contributed by atoms with Gasteiger partial charge in [-0.2, -0.15) is 0 Å². The van der Waals surface area contributed by atoms with Crippen molar-refractivity contribution in [2.45, 2.75) is 25.5 Å². The number of nitrogens with zero attached hydrogens (tertiary/aromatic N) is 2. The highest BCUT2D eigenvalue weighted by Crippen LogP contribution is 2.27. The van der Waals surface area contributed by atoms with E-state index in [1.165, 1.54) is 16.2 Å². The smallest absolute Gasteiger partial charge is 0.410 e. The number of carbonyl (C=O) groups excluding carboxylic acids is 2. The Labute approximate surface area is 155 Å². The quantitative estimate of drug-likeness (QED) is 0.647. The minimum absolute atomic E-state index is 0.0969. The third-order valence-electron chi connectivity index (χ3n) is 4.50. The summed E-state index contributed by atoms with van der Waals surface area (Å²) >= 11 is 1.38. The van der Waals surface area contributed by atoms with Gasteiger partial charge in [0.1, 0.15) is 12.6 Å². The molecule has 1 aromatic heterocycles. The standard InChI is InChI=1S/C20H18N2O3S/c23-18(19-21-15-9-4-5-11-17(15)26-19)16-10-6-12-22(16)20(24)25-13-14-7-2-1-3-8-14/h1-5,7-9,11,16H,6,10,12-13H2/t16-/m0/s1. The highest BCUT2D eigenvalue weighted by atomic mass is 32.1. The van der Waals surface area contributed by atoms with Gasteiger partial charge in [0.2, 0.25) is 5.78 Å². The lowest BCUT2D eigenvalue weighted by Gasteiger charge is -2.22. The Morgan fingerprint density at radius 2 is 1.88 bits per heavy atom. The van der Waals surface area contributed by atoms with Crippen molar-refractivity contribution < 1.29 is 14.3 Å². The van der Waals surface area contributed by atoms with Gasteiger partial charge in [0.25, 0.3) is 0 Å². The van der Waals surface area contributed by atoms with Crippen LogP contribution < -0.4 is 0 Å². The summed E-state index contributed by atoms with van der Waals surface area (Å²) in [6, 6.07) is 16.7. The SMILES string of the molecule is O=C(c1nc2ccccc2s1)[C@@H]1CCCN1C(=O)OCc1ccccc1. The highest BCUT2D eigenvalue weighted by Gasteiger charge is 2.36. The molecule has 3 aromatic rings. The molecule has 1 aliphatic rings. The fraction of sp³-hybridized carbons (Fsp3) is 0.250. The van der Waals surface area contributed by atoms with Crippen molar-refractivity contribution in [1.29, 1.82) is 0 Å². The maximum atomic E-state index is 12.9. The third kappa shape index (κ3) is 3.32. The predicted molar refractivity (Wildman–Crippen MR) is 100 cm³/mol. The van der Waals surface area contributed by atoms with Crippen LogP contribution in [0.5, 0.6) is 0 Å². The molecular formula is C20H18N2O3S. The normalized spacial score (nSPS) is 16.8. The molecule has 1 fully saturated rings. The van der Waals surface area contributed by atoms with E-state index < -0.39 is 12.1 Å². The van der Waals surface area contributed by atoms with Gasteiger partial charge in [-0.05, 0) is 30.5 Å². The van der Waals surface area contributed by atoms with E-state index in [1.807, 2.05) is 54.6 Å². The van der Waals surface area contributed by atoms with Crippen molar-refractivity contribution in [3.63, 3.8) is 0 Å². The Kier molecular flexibility index (Phi) is 4.67. The fourth-order valence-corrected chi connectivity index (χ4v) is 4.13. The summed E-state index contributed by atoms with van der Waals surface area (Å²) < 4.78 is 6.38. The number of ketones is 1. The van der Waals surface area contributed by atoms with Gasteiger partial charge < -0.3 is 4.74 Å². The minimum atomic E-state index is -0.487. The van der Waals surface area contributed by atoms with Gasteiger partial charge in [0.05, 0.1) is 10.2 Å². The summed E-state index contributed by atoms with van der Waals surface area (Å²) in [7, 11) is 0. The number of Topliss-reactive ketones (excluding diaryl/α,β-unsaturated/α-hetero) is 1. The second-order valence-electron chi connectivity index (χ2n) is 6.24. The van der Waals surface area contributed by atoms with Crippen LogP contribution in [0.4, 0.5) is 4.79 Å². The van der Waals surface area contributed by atoms with E-state index in [-0.39, 0.29) is 12.4 Å². The Morgan fingerprint density at radius 3 is 2.69 bits per heavy atom. The molecule has 0 saturated carbocycles. The Hall–Kier alpha value is -2.73. The van der Waals surface area contributed by atoms with Crippen LogP contribution in [0, 0.1) is 0 Å². The summed E-state index contributed by atoms with van der Waals surface area (Å²) in [5.74, 6) is -0.0969. The van der Waals surface area contributed by atoms with Gasteiger partial charge in [0.15, 0.2) is 5.01 Å². The number of carbonyl (C=O) groups is 2. The number of aromatic nitrogens is 1. The molecule has 1 saturated heterocycles. The largest absolute Gasteiger partial charge is 0.445 e. The predicted octanol–water partition coefficient (Wildman–Crippen LogP) is 4.28. The lowest BCUT2D eigenvalue weighted by atomic mass is 10.1. The van der Waals surface area contributed by atoms with Crippen LogP contribution >= 0.6 is 11.3 Å². The van der Waals surface area contributed by atoms with Crippen LogP contribution in [0.2, 0.25) is 0 Å². The number of benzene rings is 2. The molecule has 2 heterocycles. The topological polar surface area (TPSA) is 59.5 Å². The van der Waals surface area contributed by atoms with Crippen molar-refractivity contribution in [1.82, 2.24) is 9.88 Å². The molecule has 1 amide bonds. The first kappa shape index (κ1) is 16.7. The van der Waals surface area contributed by atoms with Crippen LogP contribution in [-0.2, 0) is 11.3 Å². The number of hydrogen-bond acceptors (Lipinski definition) is 5. The van der Waals surface area contributed by atoms with E-state index in [4.69, 9.17) is 4.74 Å². The molecule has 0 spiro atoms. The van der Waals surface area contributed by atoms with E-state index >= 15 is 0 Å². The van der Waals surface area contributed by atoms with Gasteiger partial charge in [-0.1, -0.05) is 42.5 Å². The molecular weight excluding hydrogens is 348 g/mol. The number of fused-ring (bicyclic) bond motifs is 1. The zero-order chi connectivity index (χ0) is 17.9. The lowest BCUT2D eigenvalue weighted by Crippen LogP contribution is -2.40. The van der Waals surface area contributed by atoms with Crippen molar-refractivity contribution >= 4 is 33.4 Å². The molecule has 0 radical (unpaired) electrons. The van der Waals surface area contributed by atoms with Crippen LogP contribution in [-0.4, -0.2) is 34.3 Å². The molecule has 0 bridgehead atoms. The Balaban J connectivity index is 1.46. The Morgan fingerprint density at radius 1 is 1.12 bits per heavy atom. The van der Waals surface area contributed by atoms with Gasteiger partial charge in [-0.3, -0.25) is 9.69 Å². The molecule has 2 aromatic carbocycles. The molecule has 132 valence electrons. The van der Waals surface area contributed by atoms with Crippen LogP contribution in [0.3, 0.4) is 0 Å². The summed E-state index contributed by atoms with van der Waals surface area (Å²) in [5.41, 5.74) is 1.74. The number of para-hydroxylation sites is 1. The summed E-state index contributed by atoms with van der Waals surface area (Å²) in [6.45, 7) is 0.743. The van der Waals surface area contributed by atoms with Crippen molar-refractivity contribution in [2.75, 3.05) is 6.54 Å². The number of hydrogen-bond donors (Lipinski definition) is 0. The average Bonchev–Trinajstić information content (AvgIpc) is 3.33. The molecule has 26 heavy (non-hydrogen) atoms. The third-order valence-corrected chi connectivity index (χ3v) is 5.55. The Bertz CT molecular complexity index is 905. The van der Waals surface area contributed by atoms with E-state index in [0.29, 0.717) is 18.0 Å². The molecule has 6 heteroatoms. The van der Waals surface area contributed by atoms with Crippen molar-refractivity contribution in [3.05, 3.63) is 65.2 Å². The average molecular weight is 366 g/mol. The maximum absolute atomic E-state index is 12.9. The number of amides is 1. The minimum Gasteiger partial charge on any atom is -0.445 e. The highest BCUT2D eigenvalue weighted by molar-refractivity contribution is 7.20. The molecule has 0 aliphatic carbocycles. The zero-order valence-electron chi connectivity index (χ0n) is 14.1. The number of ether oxygens (including phenoxy) is 1. The summed E-state index contributed by atoms with van der Waals surface area (Å²) in [4.78, 5) is 31.3. The first-order valence-electron chi connectivity index (χ1n) is 8.59. The molecule has 1 atom stereocenters. The van der Waals surface area contributed by atoms with E-state index in [9.17, 15) is 9.59 Å². The first-order chi connectivity index (χ1) is 12.7. The van der Waals surface area contributed by atoms with Gasteiger partial charge >= 0.3 is 6.09 Å². The van der Waals surface area contributed by atoms with Gasteiger partial charge in [0, 0.05) is 6.54 Å². The summed E-state index contributed by atoms with van der Waals surface area (Å²) in [6.07, 6.45) is 1.00. The first-order valence-corrected chi connectivity index (χ1v) is 9.41. The second kappa shape index (κ2) is 7.25. The number of rotatable bonds is 4. The van der Waals surface area contributed by atoms with Gasteiger partial charge in [-0.25, -0.2) is 9.78 Å². The van der Waals surface area contributed by atoms with E-state index in [1.54, 1.807) is 0 Å². The van der Waals surface area contributed by atoms with Crippen molar-refractivity contribution in [2.24, 2.45) is 0 Å². The number of likely N-dealkylation sites (tertiary alicyclic amines) is 1. The van der Waals surface area contributed by atoms with Crippen LogP contribution in [0.15, 0.2) is 54.6 Å². The molecule has 4 rings (SSSR count). The van der Waals surface area contributed by atoms with E-state index in [2.05, 4.69) is 4.98 Å². The zero-order valence-corrected chi connectivity index (χ0v) is 14.9. The fourth-order valence-electron chi connectivity index (χ4n) is 3.18. The van der Waals surface area contributed by atoms with Crippen molar-refractivity contribution in [3.8, 4) is 0 Å². The van der Waals surface area contributed by atoms with E-state index in [0.717, 1.165) is 22.2 Å². The van der Waals surface area contributed by atoms with Gasteiger partial charge in [-0.15, -0.1) is 11.3 Å². The molecule has 1 aliphatic heterocycles. The lowest BCUT2D eigenvalue weighted by molar-refractivity contribution is 0.0738. The second-order valence-corrected chi connectivity index (χ2v) is 7.27. The monoisotopic (exact) mass is 366 g/mol. The van der Waals surface area contributed by atoms with Crippen LogP contribution in [0.25, 0.3) is 10.2 Å².